The second-order valence-electron chi connectivity index (χ2n) is 13.4. The van der Waals surface area contributed by atoms with E-state index in [0.717, 1.165) is 41.9 Å². The molecule has 0 unspecified atom stereocenters. The maximum absolute atomic E-state index is 14.4. The van der Waals surface area contributed by atoms with Crippen molar-refractivity contribution in [2.45, 2.75) is 69.6 Å². The zero-order valence-electron chi connectivity index (χ0n) is 30.1. The summed E-state index contributed by atoms with van der Waals surface area (Å²) in [5.74, 6) is -2.88. The van der Waals surface area contributed by atoms with Gasteiger partial charge < -0.3 is 37.7 Å². The van der Waals surface area contributed by atoms with Crippen LogP contribution in [0.3, 0.4) is 0 Å². The quantitative estimate of drug-likeness (QED) is 0.0520. The second-order valence-corrected chi connectivity index (χ2v) is 14.6. The van der Waals surface area contributed by atoms with Crippen LogP contribution in [-0.4, -0.2) is 65.2 Å². The van der Waals surface area contributed by atoms with Gasteiger partial charge in [0.25, 0.3) is 0 Å². The molecule has 5 amide bonds. The summed E-state index contributed by atoms with van der Waals surface area (Å²) in [6, 6.07) is 24.5. The molecule has 4 aromatic carbocycles. The predicted octanol–water partition coefficient (Wildman–Crippen LogP) is 3.53. The third-order valence-corrected chi connectivity index (χ3v) is 9.99. The van der Waals surface area contributed by atoms with Gasteiger partial charge in [0.15, 0.2) is 0 Å². The Morgan fingerprint density at radius 2 is 1.24 bits per heavy atom. The Hall–Kier alpha value is -5.28. The number of carbonyl (C=O) groups is 5. The molecule has 0 saturated carbocycles. The van der Waals surface area contributed by atoms with Gasteiger partial charge >= 0.3 is 0 Å². The average molecular weight is 844 g/mol. The molecule has 0 spiro atoms. The molecule has 0 bridgehead atoms. The summed E-state index contributed by atoms with van der Waals surface area (Å²) in [5, 5.41) is 14.1. The number of aromatic amines is 1. The molecule has 0 aliphatic carbocycles. The molecule has 54 heavy (non-hydrogen) atoms. The van der Waals surface area contributed by atoms with Crippen LogP contribution < -0.4 is 32.7 Å². The van der Waals surface area contributed by atoms with Gasteiger partial charge in [0.1, 0.15) is 24.2 Å². The van der Waals surface area contributed by atoms with Crippen molar-refractivity contribution in [1.82, 2.24) is 26.3 Å². The van der Waals surface area contributed by atoms with Gasteiger partial charge in [-0.15, -0.1) is 0 Å². The normalized spacial score (nSPS) is 13.4. The molecule has 0 saturated heterocycles. The zero-order chi connectivity index (χ0) is 38.6. The van der Waals surface area contributed by atoms with E-state index in [4.69, 9.17) is 11.5 Å². The van der Waals surface area contributed by atoms with Gasteiger partial charge in [0.2, 0.25) is 29.5 Å². The summed E-state index contributed by atoms with van der Waals surface area (Å²) < 4.78 is 1.02. The first-order valence-electron chi connectivity index (χ1n) is 18.0. The molecule has 1 heterocycles. The minimum Gasteiger partial charge on any atom is -0.368 e. The molecule has 0 aliphatic heterocycles. The smallest absolute Gasteiger partial charge is 0.243 e. The minimum absolute atomic E-state index is 0.0772. The van der Waals surface area contributed by atoms with Crippen molar-refractivity contribution in [1.29, 1.82) is 0 Å². The molecular formula is C41H46IN7O5. The number of nitrogens with one attached hydrogen (secondary N) is 5. The first kappa shape index (κ1) is 39.9. The van der Waals surface area contributed by atoms with E-state index in [1.165, 1.54) is 6.92 Å². The maximum atomic E-state index is 14.4. The number of fused-ring (bicyclic) bond motifs is 2. The standard InChI is InChI=1S/C41H46IN7O5/c1-25(50)46-35(21-26-14-17-31(42)18-15-26)39(52)48-36(22-27-13-16-28-8-2-3-9-29(28)20-27)40(53)49-37(23-30-24-45-33-11-5-4-10-32(30)33)41(54)47-34(38(44)51)12-6-7-19-43/h2-5,8-11,13-18,20,24,34-37,45H,6-7,12,19,21-23,43H2,1H3,(H2,44,51)(H,46,50)(H,47,54)(H,48,52)(H,49,53)/t34-,35-,36-,37+/m1/s1. The van der Waals surface area contributed by atoms with Crippen LogP contribution >= 0.6 is 22.6 Å². The Morgan fingerprint density at radius 3 is 1.91 bits per heavy atom. The summed E-state index contributed by atoms with van der Waals surface area (Å²) in [4.78, 5) is 70.2. The number of amides is 5. The largest absolute Gasteiger partial charge is 0.368 e. The van der Waals surface area contributed by atoms with Crippen LogP contribution in [0.5, 0.6) is 0 Å². The third kappa shape index (κ3) is 11.1. The van der Waals surface area contributed by atoms with E-state index in [0.29, 0.717) is 19.4 Å². The number of unbranched alkanes of at least 4 members (excludes halogenated alkanes) is 1. The summed E-state index contributed by atoms with van der Waals surface area (Å²) in [6.45, 7) is 1.76. The fraction of sp³-hybridized carbons (Fsp3) is 0.293. The van der Waals surface area contributed by atoms with Gasteiger partial charge in [-0.2, -0.15) is 0 Å². The lowest BCUT2D eigenvalue weighted by atomic mass is 9.99. The second kappa shape index (κ2) is 19.2. The van der Waals surface area contributed by atoms with E-state index in [2.05, 4.69) is 48.8 Å². The number of H-pyrrole nitrogens is 1. The SMILES string of the molecule is CC(=O)N[C@H](Cc1ccc(I)cc1)C(=O)N[C@H](Cc1ccc2ccccc2c1)C(=O)N[C@@H](Cc1c[nH]c2ccccc12)C(=O)N[C@H](CCCCN)C(N)=O. The van der Waals surface area contributed by atoms with Crippen molar-refractivity contribution in [2.75, 3.05) is 6.54 Å². The third-order valence-electron chi connectivity index (χ3n) is 9.27. The zero-order valence-corrected chi connectivity index (χ0v) is 32.2. The lowest BCUT2D eigenvalue weighted by molar-refractivity contribution is -0.134. The lowest BCUT2D eigenvalue weighted by Gasteiger charge is -2.26. The Labute approximate surface area is 327 Å². The topological polar surface area (TPSA) is 201 Å². The molecule has 1 aromatic heterocycles. The van der Waals surface area contributed by atoms with Crippen LogP contribution in [-0.2, 0) is 43.2 Å². The Bertz CT molecular complexity index is 2100. The summed E-state index contributed by atoms with van der Waals surface area (Å²) in [7, 11) is 0. The first-order valence-corrected chi connectivity index (χ1v) is 19.0. The molecular weight excluding hydrogens is 797 g/mol. The highest BCUT2D eigenvalue weighted by molar-refractivity contribution is 14.1. The van der Waals surface area contributed by atoms with Crippen LogP contribution in [0.15, 0.2) is 97.2 Å². The number of rotatable bonds is 18. The van der Waals surface area contributed by atoms with Crippen LogP contribution in [0.2, 0.25) is 0 Å². The molecule has 0 aliphatic rings. The molecule has 5 rings (SSSR count). The Morgan fingerprint density at radius 1 is 0.667 bits per heavy atom. The molecule has 9 N–H and O–H groups in total. The van der Waals surface area contributed by atoms with Crippen LogP contribution in [0.25, 0.3) is 21.7 Å². The van der Waals surface area contributed by atoms with E-state index in [1.54, 1.807) is 6.20 Å². The number of aromatic nitrogens is 1. The van der Waals surface area contributed by atoms with E-state index in [-0.39, 0.29) is 25.7 Å². The highest BCUT2D eigenvalue weighted by atomic mass is 127. The number of halogens is 1. The Balaban J connectivity index is 1.45. The van der Waals surface area contributed by atoms with Crippen molar-refractivity contribution in [3.05, 3.63) is 117 Å². The summed E-state index contributed by atoms with van der Waals surface area (Å²) >= 11 is 2.19. The van der Waals surface area contributed by atoms with Crippen molar-refractivity contribution in [2.24, 2.45) is 11.5 Å². The van der Waals surface area contributed by atoms with Gasteiger partial charge in [-0.3, -0.25) is 24.0 Å². The van der Waals surface area contributed by atoms with Gasteiger partial charge in [-0.1, -0.05) is 72.8 Å². The first-order chi connectivity index (χ1) is 26.0. The van der Waals surface area contributed by atoms with Crippen molar-refractivity contribution >= 4 is 73.8 Å². The number of hydrogen-bond donors (Lipinski definition) is 7. The number of hydrogen-bond acceptors (Lipinski definition) is 6. The minimum atomic E-state index is -1.15. The predicted molar refractivity (Wildman–Crippen MR) is 218 cm³/mol. The lowest BCUT2D eigenvalue weighted by Crippen LogP contribution is -2.59. The number of benzene rings is 4. The van der Waals surface area contributed by atoms with E-state index < -0.39 is 53.7 Å². The Kier molecular flexibility index (Phi) is 14.2. The van der Waals surface area contributed by atoms with Crippen LogP contribution in [0.4, 0.5) is 0 Å². The number of carbonyl (C=O) groups excluding carboxylic acids is 5. The highest BCUT2D eigenvalue weighted by Crippen LogP contribution is 2.21. The van der Waals surface area contributed by atoms with Gasteiger partial charge in [0, 0.05) is 46.9 Å². The molecule has 282 valence electrons. The number of para-hydroxylation sites is 1. The average Bonchev–Trinajstić information content (AvgIpc) is 3.56. The van der Waals surface area contributed by atoms with E-state index in [9.17, 15) is 24.0 Å². The van der Waals surface area contributed by atoms with E-state index >= 15 is 0 Å². The van der Waals surface area contributed by atoms with Gasteiger partial charge in [0.05, 0.1) is 0 Å². The van der Waals surface area contributed by atoms with E-state index in [1.807, 2.05) is 91.0 Å². The van der Waals surface area contributed by atoms with Crippen LogP contribution in [0, 0.1) is 3.57 Å². The highest BCUT2D eigenvalue weighted by Gasteiger charge is 2.32. The molecule has 0 fully saturated rings. The van der Waals surface area contributed by atoms with Crippen LogP contribution in [0.1, 0.15) is 42.9 Å². The molecule has 12 nitrogen and oxygen atoms in total. The number of primary amides is 1. The summed E-state index contributed by atoms with van der Waals surface area (Å²) in [5.41, 5.74) is 14.5. The monoisotopic (exact) mass is 843 g/mol. The molecule has 0 radical (unpaired) electrons. The van der Waals surface area contributed by atoms with Gasteiger partial charge in [-0.05, 0) is 94.1 Å². The van der Waals surface area contributed by atoms with Crippen molar-refractivity contribution < 1.29 is 24.0 Å². The van der Waals surface area contributed by atoms with Crippen molar-refractivity contribution in [3.63, 3.8) is 0 Å². The fourth-order valence-electron chi connectivity index (χ4n) is 6.45. The maximum Gasteiger partial charge on any atom is 0.243 e. The fourth-order valence-corrected chi connectivity index (χ4v) is 6.81. The van der Waals surface area contributed by atoms with Crippen molar-refractivity contribution in [3.8, 4) is 0 Å². The molecule has 5 aromatic rings. The molecule has 13 heteroatoms. The molecule has 4 atom stereocenters. The summed E-state index contributed by atoms with van der Waals surface area (Å²) in [6.07, 6.45) is 3.64. The van der Waals surface area contributed by atoms with Gasteiger partial charge in [-0.25, -0.2) is 0 Å². The number of nitrogens with two attached hydrogens (primary N) is 2.